The Labute approximate surface area is 154 Å². The van der Waals surface area contributed by atoms with Crippen LogP contribution in [0.25, 0.3) is 0 Å². The summed E-state index contributed by atoms with van der Waals surface area (Å²) in [6.45, 7) is 2.64. The normalized spacial score (nSPS) is 11.2. The summed E-state index contributed by atoms with van der Waals surface area (Å²) in [5.41, 5.74) is 1.37. The number of nitrogens with one attached hydrogen (secondary N) is 2. The van der Waals surface area contributed by atoms with Crippen LogP contribution >= 0.6 is 0 Å². The van der Waals surface area contributed by atoms with E-state index in [4.69, 9.17) is 4.74 Å². The summed E-state index contributed by atoms with van der Waals surface area (Å²) >= 11 is 0. The van der Waals surface area contributed by atoms with Crippen LogP contribution in [0.2, 0.25) is 0 Å². The van der Waals surface area contributed by atoms with E-state index in [1.165, 1.54) is 26.2 Å². The van der Waals surface area contributed by atoms with Gasteiger partial charge in [-0.2, -0.15) is 0 Å². The molecule has 0 bridgehead atoms. The summed E-state index contributed by atoms with van der Waals surface area (Å²) in [5.74, 6) is 0.600. The summed E-state index contributed by atoms with van der Waals surface area (Å²) in [6, 6.07) is 13.2. The number of hydrogen-bond donors (Lipinski definition) is 2. The minimum Gasteiger partial charge on any atom is -0.492 e. The average Bonchev–Trinajstić information content (AvgIpc) is 2.62. The molecule has 26 heavy (non-hydrogen) atoms. The van der Waals surface area contributed by atoms with E-state index >= 15 is 0 Å². The lowest BCUT2D eigenvalue weighted by Crippen LogP contribution is -2.28. The first-order valence-electron chi connectivity index (χ1n) is 8.12. The SMILES string of the molecule is CCOc1ccccc1NC(=O)NCc1ccc(S(=O)(=O)N(C)C)cc1. The number of ether oxygens (including phenoxy) is 1. The van der Waals surface area contributed by atoms with Crippen molar-refractivity contribution in [3.63, 3.8) is 0 Å². The lowest BCUT2D eigenvalue weighted by Gasteiger charge is -2.13. The summed E-state index contributed by atoms with van der Waals surface area (Å²) in [4.78, 5) is 12.3. The molecule has 2 aromatic rings. The summed E-state index contributed by atoms with van der Waals surface area (Å²) in [6.07, 6.45) is 0. The van der Waals surface area contributed by atoms with Gasteiger partial charge >= 0.3 is 6.03 Å². The Morgan fingerprint density at radius 2 is 1.73 bits per heavy atom. The quantitative estimate of drug-likeness (QED) is 0.776. The molecule has 2 rings (SSSR count). The Kier molecular flexibility index (Phi) is 6.59. The van der Waals surface area contributed by atoms with Crippen LogP contribution in [0.15, 0.2) is 53.4 Å². The van der Waals surface area contributed by atoms with Crippen molar-refractivity contribution in [1.29, 1.82) is 0 Å². The first-order valence-corrected chi connectivity index (χ1v) is 9.56. The van der Waals surface area contributed by atoms with Crippen molar-refractivity contribution in [1.82, 2.24) is 9.62 Å². The Morgan fingerprint density at radius 3 is 2.35 bits per heavy atom. The molecule has 0 fully saturated rings. The molecule has 0 aliphatic rings. The molecule has 0 spiro atoms. The molecule has 0 unspecified atom stereocenters. The fraction of sp³-hybridized carbons (Fsp3) is 0.278. The minimum atomic E-state index is -3.46. The van der Waals surface area contributed by atoms with Crippen LogP contribution in [0, 0.1) is 0 Å². The lowest BCUT2D eigenvalue weighted by molar-refractivity contribution is 0.251. The number of sulfonamides is 1. The van der Waals surface area contributed by atoms with Gasteiger partial charge in [0.15, 0.2) is 0 Å². The molecule has 0 radical (unpaired) electrons. The van der Waals surface area contributed by atoms with Gasteiger partial charge in [-0.25, -0.2) is 17.5 Å². The second kappa shape index (κ2) is 8.68. The zero-order valence-electron chi connectivity index (χ0n) is 15.0. The molecule has 2 N–H and O–H groups in total. The van der Waals surface area contributed by atoms with Crippen LogP contribution in [-0.2, 0) is 16.6 Å². The van der Waals surface area contributed by atoms with E-state index in [2.05, 4.69) is 10.6 Å². The van der Waals surface area contributed by atoms with Crippen molar-refractivity contribution in [3.8, 4) is 5.75 Å². The van der Waals surface area contributed by atoms with Crippen molar-refractivity contribution in [2.45, 2.75) is 18.4 Å². The first-order chi connectivity index (χ1) is 12.3. The summed E-state index contributed by atoms with van der Waals surface area (Å²) in [7, 11) is -0.493. The van der Waals surface area contributed by atoms with Gasteiger partial charge in [-0.05, 0) is 36.8 Å². The lowest BCUT2D eigenvalue weighted by atomic mass is 10.2. The van der Waals surface area contributed by atoms with Gasteiger partial charge in [0.25, 0.3) is 0 Å². The molecule has 0 aromatic heterocycles. The summed E-state index contributed by atoms with van der Waals surface area (Å²) in [5, 5.41) is 5.47. The highest BCUT2D eigenvalue weighted by molar-refractivity contribution is 7.89. The van der Waals surface area contributed by atoms with Crippen LogP contribution in [-0.4, -0.2) is 39.5 Å². The van der Waals surface area contributed by atoms with Gasteiger partial charge < -0.3 is 15.4 Å². The van der Waals surface area contributed by atoms with Crippen molar-refractivity contribution >= 4 is 21.7 Å². The predicted molar refractivity (Wildman–Crippen MR) is 101 cm³/mol. The number of carbonyl (C=O) groups is 1. The Hall–Kier alpha value is -2.58. The second-order valence-corrected chi connectivity index (χ2v) is 7.82. The van der Waals surface area contributed by atoms with Crippen LogP contribution in [0.3, 0.4) is 0 Å². The largest absolute Gasteiger partial charge is 0.492 e. The standard InChI is InChI=1S/C18H23N3O4S/c1-4-25-17-8-6-5-7-16(17)20-18(22)19-13-14-9-11-15(12-10-14)26(23,24)21(2)3/h5-12H,4,13H2,1-3H3,(H2,19,20,22). The second-order valence-electron chi connectivity index (χ2n) is 5.67. The molecule has 0 atom stereocenters. The van der Waals surface area contributed by atoms with Gasteiger partial charge in [-0.3, -0.25) is 0 Å². The monoisotopic (exact) mass is 377 g/mol. The van der Waals surface area contributed by atoms with Crippen molar-refractivity contribution in [2.75, 3.05) is 26.0 Å². The molecule has 0 aliphatic carbocycles. The third-order valence-corrected chi connectivity index (χ3v) is 5.42. The molecule has 0 heterocycles. The van der Waals surface area contributed by atoms with Crippen LogP contribution in [0.4, 0.5) is 10.5 Å². The Bertz CT molecular complexity index is 849. The van der Waals surface area contributed by atoms with Crippen molar-refractivity contribution in [3.05, 3.63) is 54.1 Å². The number of para-hydroxylation sites is 2. The maximum atomic E-state index is 12.1. The summed E-state index contributed by atoms with van der Waals surface area (Å²) < 4.78 is 30.7. The van der Waals surface area contributed by atoms with E-state index in [1.807, 2.05) is 19.1 Å². The number of benzene rings is 2. The van der Waals surface area contributed by atoms with Crippen LogP contribution in [0.5, 0.6) is 5.75 Å². The topological polar surface area (TPSA) is 87.7 Å². The highest BCUT2D eigenvalue weighted by Crippen LogP contribution is 2.23. The van der Waals surface area contributed by atoms with Gasteiger partial charge in [0.1, 0.15) is 5.75 Å². The zero-order valence-corrected chi connectivity index (χ0v) is 15.8. The number of nitrogens with zero attached hydrogens (tertiary/aromatic N) is 1. The maximum absolute atomic E-state index is 12.1. The van der Waals surface area contributed by atoms with Gasteiger partial charge in [0.2, 0.25) is 10.0 Å². The van der Waals surface area contributed by atoms with E-state index in [-0.39, 0.29) is 17.5 Å². The number of hydrogen-bond acceptors (Lipinski definition) is 4. The van der Waals surface area contributed by atoms with Crippen molar-refractivity contribution in [2.24, 2.45) is 0 Å². The predicted octanol–water partition coefficient (Wildman–Crippen LogP) is 2.66. The molecular weight excluding hydrogens is 354 g/mol. The third-order valence-electron chi connectivity index (χ3n) is 3.59. The van der Waals surface area contributed by atoms with E-state index in [1.54, 1.807) is 24.3 Å². The maximum Gasteiger partial charge on any atom is 0.319 e. The number of amides is 2. The zero-order chi connectivity index (χ0) is 19.2. The van der Waals surface area contributed by atoms with E-state index < -0.39 is 10.0 Å². The Balaban J connectivity index is 1.96. The molecule has 0 aliphatic heterocycles. The molecule has 0 saturated heterocycles. The first kappa shape index (κ1) is 19.7. The van der Waals surface area contributed by atoms with Gasteiger partial charge in [0.05, 0.1) is 17.2 Å². The number of anilines is 1. The molecule has 7 nitrogen and oxygen atoms in total. The Morgan fingerprint density at radius 1 is 1.08 bits per heavy atom. The molecule has 0 saturated carbocycles. The average molecular weight is 377 g/mol. The number of rotatable bonds is 7. The molecule has 2 aromatic carbocycles. The molecule has 140 valence electrons. The fourth-order valence-electron chi connectivity index (χ4n) is 2.19. The van der Waals surface area contributed by atoms with E-state index in [9.17, 15) is 13.2 Å². The highest BCUT2D eigenvalue weighted by atomic mass is 32.2. The molecular formula is C18H23N3O4S. The highest BCUT2D eigenvalue weighted by Gasteiger charge is 2.16. The fourth-order valence-corrected chi connectivity index (χ4v) is 3.09. The van der Waals surface area contributed by atoms with Gasteiger partial charge in [0, 0.05) is 20.6 Å². The van der Waals surface area contributed by atoms with Gasteiger partial charge in [-0.1, -0.05) is 24.3 Å². The van der Waals surface area contributed by atoms with E-state index in [0.717, 1.165) is 9.87 Å². The molecule has 2 amide bonds. The van der Waals surface area contributed by atoms with Crippen molar-refractivity contribution < 1.29 is 17.9 Å². The number of urea groups is 1. The smallest absolute Gasteiger partial charge is 0.319 e. The van der Waals surface area contributed by atoms with E-state index in [0.29, 0.717) is 18.0 Å². The van der Waals surface area contributed by atoms with Gasteiger partial charge in [-0.15, -0.1) is 0 Å². The minimum absolute atomic E-state index is 0.210. The number of carbonyl (C=O) groups excluding carboxylic acids is 1. The van der Waals surface area contributed by atoms with Crippen LogP contribution in [0.1, 0.15) is 12.5 Å². The van der Waals surface area contributed by atoms with Crippen LogP contribution < -0.4 is 15.4 Å². The third kappa shape index (κ3) is 4.96. The molecule has 8 heteroatoms.